The molecule has 4 bridgehead atoms. The standard InChI is InChI=1S/C29H36N2O3S/c32-28(25-7-4-12-31(19-25)35(33,34)20-21-5-2-1-3-6-21)30-27-10-8-26(9-11-27)29-16-22-13-23(17-29)15-24(14-22)18-29/h1-3,5-6,8-11,22-25H,4,7,12-20H2,(H,30,32)/t22?,23?,24?,25-,29?/m0/s1. The lowest BCUT2D eigenvalue weighted by molar-refractivity contribution is -0.120. The number of amides is 1. The number of carbonyl (C=O) groups excluding carboxylic acids is 1. The minimum Gasteiger partial charge on any atom is -0.326 e. The lowest BCUT2D eigenvalue weighted by Crippen LogP contribution is -2.48. The largest absolute Gasteiger partial charge is 0.326 e. The maximum absolute atomic E-state index is 13.1. The van der Waals surface area contributed by atoms with Gasteiger partial charge in [0.2, 0.25) is 15.9 Å². The molecule has 4 aliphatic carbocycles. The summed E-state index contributed by atoms with van der Waals surface area (Å²) >= 11 is 0. The first-order chi connectivity index (χ1) is 16.9. The molecule has 5 nitrogen and oxygen atoms in total. The van der Waals surface area contributed by atoms with E-state index >= 15 is 0 Å². The number of piperidine rings is 1. The molecule has 5 aliphatic rings. The van der Waals surface area contributed by atoms with Crippen LogP contribution in [0.2, 0.25) is 0 Å². The molecule has 0 radical (unpaired) electrons. The van der Waals surface area contributed by atoms with Gasteiger partial charge in [0.25, 0.3) is 0 Å². The molecule has 0 spiro atoms. The first-order valence-electron chi connectivity index (χ1n) is 13.3. The lowest BCUT2D eigenvalue weighted by atomic mass is 9.48. The summed E-state index contributed by atoms with van der Waals surface area (Å²) in [5.41, 5.74) is 3.39. The second-order valence-corrected chi connectivity index (χ2v) is 13.7. The Hall–Kier alpha value is -2.18. The number of nitrogens with one attached hydrogen (secondary N) is 1. The van der Waals surface area contributed by atoms with Gasteiger partial charge in [-0.1, -0.05) is 42.5 Å². The van der Waals surface area contributed by atoms with Crippen LogP contribution < -0.4 is 5.32 Å². The van der Waals surface area contributed by atoms with Gasteiger partial charge in [-0.3, -0.25) is 4.79 Å². The van der Waals surface area contributed by atoms with Crippen LogP contribution in [0.25, 0.3) is 0 Å². The highest BCUT2D eigenvalue weighted by Crippen LogP contribution is 2.60. The van der Waals surface area contributed by atoms with Crippen molar-refractivity contribution in [3.8, 4) is 0 Å². The van der Waals surface area contributed by atoms with Gasteiger partial charge in [0.1, 0.15) is 0 Å². The normalized spacial score (nSPS) is 32.5. The second-order valence-electron chi connectivity index (χ2n) is 11.7. The predicted molar refractivity (Wildman–Crippen MR) is 138 cm³/mol. The lowest BCUT2D eigenvalue weighted by Gasteiger charge is -2.57. The highest BCUT2D eigenvalue weighted by Gasteiger charge is 2.51. The van der Waals surface area contributed by atoms with Gasteiger partial charge in [0.15, 0.2) is 0 Å². The Balaban J connectivity index is 1.09. The van der Waals surface area contributed by atoms with Crippen molar-refractivity contribution in [1.82, 2.24) is 4.31 Å². The Kier molecular flexibility index (Phi) is 6.00. The Morgan fingerprint density at radius 2 is 1.54 bits per heavy atom. The van der Waals surface area contributed by atoms with Crippen LogP contribution in [0.15, 0.2) is 54.6 Å². The molecule has 186 valence electrons. The van der Waals surface area contributed by atoms with Crippen molar-refractivity contribution in [1.29, 1.82) is 0 Å². The average molecular weight is 493 g/mol. The van der Waals surface area contributed by atoms with Gasteiger partial charge < -0.3 is 5.32 Å². The zero-order valence-corrected chi connectivity index (χ0v) is 21.2. The summed E-state index contributed by atoms with van der Waals surface area (Å²) in [4.78, 5) is 13.1. The summed E-state index contributed by atoms with van der Waals surface area (Å²) in [6.45, 7) is 0.741. The van der Waals surface area contributed by atoms with Gasteiger partial charge in [-0.2, -0.15) is 0 Å². The minimum atomic E-state index is -3.45. The molecule has 2 aromatic carbocycles. The number of benzene rings is 2. The highest BCUT2D eigenvalue weighted by atomic mass is 32.2. The van der Waals surface area contributed by atoms with Crippen molar-refractivity contribution >= 4 is 21.6 Å². The van der Waals surface area contributed by atoms with Gasteiger partial charge >= 0.3 is 0 Å². The predicted octanol–water partition coefficient (Wildman–Crippen LogP) is 5.33. The molecule has 6 heteroatoms. The molecule has 1 atom stereocenters. The van der Waals surface area contributed by atoms with E-state index in [4.69, 9.17) is 0 Å². The third-order valence-electron chi connectivity index (χ3n) is 9.14. The van der Waals surface area contributed by atoms with E-state index in [0.717, 1.165) is 29.0 Å². The summed E-state index contributed by atoms with van der Waals surface area (Å²) in [7, 11) is -3.45. The molecule has 0 unspecified atom stereocenters. The van der Waals surface area contributed by atoms with Gasteiger partial charge in [-0.05, 0) is 97.8 Å². The zero-order valence-electron chi connectivity index (χ0n) is 20.4. The van der Waals surface area contributed by atoms with Crippen LogP contribution in [-0.4, -0.2) is 31.7 Å². The molecule has 1 heterocycles. The summed E-state index contributed by atoms with van der Waals surface area (Å²) in [6.07, 6.45) is 9.73. The number of nitrogens with zero attached hydrogens (tertiary/aromatic N) is 1. The van der Waals surface area contributed by atoms with E-state index in [1.54, 1.807) is 0 Å². The number of hydrogen-bond donors (Lipinski definition) is 1. The van der Waals surface area contributed by atoms with E-state index in [-0.39, 0.29) is 24.1 Å². The van der Waals surface area contributed by atoms with Crippen molar-refractivity contribution < 1.29 is 13.2 Å². The number of sulfonamides is 1. The Labute approximate surface area is 209 Å². The van der Waals surface area contributed by atoms with Crippen LogP contribution >= 0.6 is 0 Å². The molecule has 0 aromatic heterocycles. The number of hydrogen-bond acceptors (Lipinski definition) is 3. The molecular weight excluding hydrogens is 456 g/mol. The maximum atomic E-state index is 13.1. The monoisotopic (exact) mass is 492 g/mol. The molecule has 1 saturated heterocycles. The van der Waals surface area contributed by atoms with Crippen molar-refractivity contribution in [2.24, 2.45) is 23.7 Å². The minimum absolute atomic E-state index is 0.0199. The summed E-state index contributed by atoms with van der Waals surface area (Å²) < 4.78 is 27.5. The quantitative estimate of drug-likeness (QED) is 0.592. The van der Waals surface area contributed by atoms with E-state index in [2.05, 4.69) is 29.6 Å². The molecule has 1 N–H and O–H groups in total. The summed E-state index contributed by atoms with van der Waals surface area (Å²) in [5.74, 6) is 2.31. The van der Waals surface area contributed by atoms with Crippen LogP contribution in [0.5, 0.6) is 0 Å². The Morgan fingerprint density at radius 1 is 0.914 bits per heavy atom. The zero-order chi connectivity index (χ0) is 24.0. The molecule has 5 fully saturated rings. The SMILES string of the molecule is O=C(Nc1ccc(C23CC4CC(CC(C4)C2)C3)cc1)[C@H]1CCCN(S(=O)(=O)Cc2ccccc2)C1. The second kappa shape index (κ2) is 9.04. The number of rotatable bonds is 6. The first kappa shape index (κ1) is 23.2. The van der Waals surface area contributed by atoms with Crippen LogP contribution in [0, 0.1) is 23.7 Å². The van der Waals surface area contributed by atoms with Gasteiger partial charge in [-0.25, -0.2) is 12.7 Å². The molecular formula is C29H36N2O3S. The van der Waals surface area contributed by atoms with Crippen molar-refractivity contribution in [3.63, 3.8) is 0 Å². The van der Waals surface area contributed by atoms with Gasteiger partial charge in [0, 0.05) is 18.8 Å². The topological polar surface area (TPSA) is 66.5 Å². The van der Waals surface area contributed by atoms with Crippen molar-refractivity contribution in [2.75, 3.05) is 18.4 Å². The van der Waals surface area contributed by atoms with E-state index in [1.165, 1.54) is 48.4 Å². The molecule has 4 saturated carbocycles. The average Bonchev–Trinajstić information content (AvgIpc) is 2.84. The van der Waals surface area contributed by atoms with E-state index in [1.807, 2.05) is 30.3 Å². The van der Waals surface area contributed by atoms with E-state index in [0.29, 0.717) is 24.8 Å². The van der Waals surface area contributed by atoms with Crippen LogP contribution in [0.3, 0.4) is 0 Å². The van der Waals surface area contributed by atoms with Crippen molar-refractivity contribution in [3.05, 3.63) is 65.7 Å². The molecule has 1 amide bonds. The number of carbonyl (C=O) groups is 1. The number of anilines is 1. The smallest absolute Gasteiger partial charge is 0.228 e. The Morgan fingerprint density at radius 3 is 2.17 bits per heavy atom. The third kappa shape index (κ3) is 4.67. The molecule has 35 heavy (non-hydrogen) atoms. The maximum Gasteiger partial charge on any atom is 0.228 e. The van der Waals surface area contributed by atoms with Gasteiger partial charge in [-0.15, -0.1) is 0 Å². The van der Waals surface area contributed by atoms with E-state index in [9.17, 15) is 13.2 Å². The highest BCUT2D eigenvalue weighted by molar-refractivity contribution is 7.88. The fourth-order valence-electron chi connectivity index (χ4n) is 7.90. The third-order valence-corrected chi connectivity index (χ3v) is 11.0. The van der Waals surface area contributed by atoms with Crippen LogP contribution in [0.4, 0.5) is 5.69 Å². The summed E-state index contributed by atoms with van der Waals surface area (Å²) in [6, 6.07) is 17.8. The molecule has 1 aliphatic heterocycles. The molecule has 7 rings (SSSR count). The van der Waals surface area contributed by atoms with Crippen LogP contribution in [0.1, 0.15) is 62.5 Å². The van der Waals surface area contributed by atoms with Crippen LogP contribution in [-0.2, 0) is 26.0 Å². The summed E-state index contributed by atoms with van der Waals surface area (Å²) in [5, 5.41) is 3.07. The van der Waals surface area contributed by atoms with E-state index < -0.39 is 10.0 Å². The van der Waals surface area contributed by atoms with Gasteiger partial charge in [0.05, 0.1) is 11.7 Å². The molecule has 2 aromatic rings. The Bertz CT molecular complexity index is 1140. The first-order valence-corrected chi connectivity index (χ1v) is 14.9. The van der Waals surface area contributed by atoms with Crippen molar-refractivity contribution in [2.45, 2.75) is 62.5 Å². The fourth-order valence-corrected chi connectivity index (χ4v) is 9.51. The fraction of sp³-hybridized carbons (Fsp3) is 0.552.